The standard InChI is InChI=1S/C22H21FN6O/c1-14-12-28(13-15(2)30-14)22-25-9-16(10-26-22)21-27-19-7-8-24-11-20(19)29(21)18-5-3-17(23)4-6-18/h3-11,14-15H,12-13H2,1-2H3. The van der Waals surface area contributed by atoms with Crippen LogP contribution in [0.15, 0.2) is 55.1 Å². The van der Waals surface area contributed by atoms with Gasteiger partial charge in [0.25, 0.3) is 0 Å². The Kier molecular flexibility index (Phi) is 4.63. The van der Waals surface area contributed by atoms with Crippen molar-refractivity contribution in [3.63, 3.8) is 0 Å². The van der Waals surface area contributed by atoms with Crippen molar-refractivity contribution in [3.8, 4) is 17.1 Å². The quantitative estimate of drug-likeness (QED) is 0.519. The van der Waals surface area contributed by atoms with Crippen LogP contribution in [-0.2, 0) is 4.74 Å². The summed E-state index contributed by atoms with van der Waals surface area (Å²) in [4.78, 5) is 20.3. The minimum absolute atomic E-state index is 0.132. The van der Waals surface area contributed by atoms with Crippen molar-refractivity contribution in [2.75, 3.05) is 18.0 Å². The van der Waals surface area contributed by atoms with Gasteiger partial charge in [0.1, 0.15) is 11.6 Å². The van der Waals surface area contributed by atoms with Crippen LogP contribution < -0.4 is 4.90 Å². The molecule has 2 atom stereocenters. The largest absolute Gasteiger partial charge is 0.372 e. The second kappa shape index (κ2) is 7.46. The minimum Gasteiger partial charge on any atom is -0.372 e. The molecule has 0 N–H and O–H groups in total. The number of benzene rings is 1. The summed E-state index contributed by atoms with van der Waals surface area (Å²) in [7, 11) is 0. The summed E-state index contributed by atoms with van der Waals surface area (Å²) in [5.74, 6) is 1.07. The third-order valence-electron chi connectivity index (χ3n) is 5.14. The Bertz CT molecular complexity index is 1160. The number of aromatic nitrogens is 5. The van der Waals surface area contributed by atoms with Gasteiger partial charge >= 0.3 is 0 Å². The van der Waals surface area contributed by atoms with Crippen LogP contribution in [0.3, 0.4) is 0 Å². The second-order valence-corrected chi connectivity index (χ2v) is 7.55. The summed E-state index contributed by atoms with van der Waals surface area (Å²) in [6.45, 7) is 5.61. The van der Waals surface area contributed by atoms with Crippen molar-refractivity contribution in [3.05, 3.63) is 60.9 Å². The molecular formula is C22H21FN6O. The highest BCUT2D eigenvalue weighted by molar-refractivity contribution is 5.82. The average Bonchev–Trinajstić information content (AvgIpc) is 3.13. The summed E-state index contributed by atoms with van der Waals surface area (Å²) >= 11 is 0. The van der Waals surface area contributed by atoms with Crippen molar-refractivity contribution in [1.29, 1.82) is 0 Å². The predicted molar refractivity (Wildman–Crippen MR) is 112 cm³/mol. The first-order chi connectivity index (χ1) is 14.6. The first-order valence-corrected chi connectivity index (χ1v) is 9.90. The Hall–Kier alpha value is -3.39. The summed E-state index contributed by atoms with van der Waals surface area (Å²) in [5.41, 5.74) is 3.19. The fourth-order valence-corrected chi connectivity index (χ4v) is 3.91. The number of morpholine rings is 1. The van der Waals surface area contributed by atoms with Gasteiger partial charge in [0.15, 0.2) is 0 Å². The number of halogens is 1. The molecule has 3 aromatic heterocycles. The lowest BCUT2D eigenvalue weighted by atomic mass is 10.2. The second-order valence-electron chi connectivity index (χ2n) is 7.55. The molecule has 1 saturated heterocycles. The summed E-state index contributed by atoms with van der Waals surface area (Å²) in [6, 6.07) is 8.16. The van der Waals surface area contributed by atoms with E-state index in [1.165, 1.54) is 12.1 Å². The van der Waals surface area contributed by atoms with Crippen LogP contribution >= 0.6 is 0 Å². The van der Waals surface area contributed by atoms with Crippen LogP contribution in [0.4, 0.5) is 10.3 Å². The zero-order valence-corrected chi connectivity index (χ0v) is 16.7. The minimum atomic E-state index is -0.288. The van der Waals surface area contributed by atoms with E-state index >= 15 is 0 Å². The van der Waals surface area contributed by atoms with Crippen LogP contribution in [0.25, 0.3) is 28.1 Å². The highest BCUT2D eigenvalue weighted by atomic mass is 19.1. The Morgan fingerprint density at radius 3 is 2.37 bits per heavy atom. The molecule has 4 heterocycles. The normalized spacial score (nSPS) is 19.4. The molecule has 30 heavy (non-hydrogen) atoms. The van der Waals surface area contributed by atoms with E-state index in [1.807, 2.05) is 10.6 Å². The molecule has 0 saturated carbocycles. The maximum absolute atomic E-state index is 13.5. The van der Waals surface area contributed by atoms with Crippen LogP contribution in [0.1, 0.15) is 13.8 Å². The Morgan fingerprint density at radius 1 is 0.967 bits per heavy atom. The molecular weight excluding hydrogens is 383 g/mol. The van der Waals surface area contributed by atoms with Gasteiger partial charge in [-0.05, 0) is 44.2 Å². The maximum Gasteiger partial charge on any atom is 0.225 e. The summed E-state index contributed by atoms with van der Waals surface area (Å²) < 4.78 is 21.2. The molecule has 0 radical (unpaired) electrons. The van der Waals surface area contributed by atoms with Gasteiger partial charge in [-0.3, -0.25) is 9.55 Å². The summed E-state index contributed by atoms with van der Waals surface area (Å²) in [5, 5.41) is 0. The molecule has 8 heteroatoms. The number of ether oxygens (including phenoxy) is 1. The van der Waals surface area contributed by atoms with Crippen LogP contribution in [0.2, 0.25) is 0 Å². The van der Waals surface area contributed by atoms with E-state index in [2.05, 4.69) is 33.7 Å². The van der Waals surface area contributed by atoms with Crippen molar-refractivity contribution in [1.82, 2.24) is 24.5 Å². The van der Waals surface area contributed by atoms with E-state index in [0.29, 0.717) is 11.8 Å². The zero-order valence-electron chi connectivity index (χ0n) is 16.7. The number of hydrogen-bond acceptors (Lipinski definition) is 6. The third kappa shape index (κ3) is 3.39. The van der Waals surface area contributed by atoms with Gasteiger partial charge in [-0.15, -0.1) is 0 Å². The smallest absolute Gasteiger partial charge is 0.225 e. The average molecular weight is 404 g/mol. The molecule has 4 aromatic rings. The van der Waals surface area contributed by atoms with Gasteiger partial charge in [-0.25, -0.2) is 19.3 Å². The number of hydrogen-bond donors (Lipinski definition) is 0. The van der Waals surface area contributed by atoms with Crippen molar-refractivity contribution in [2.45, 2.75) is 26.1 Å². The third-order valence-corrected chi connectivity index (χ3v) is 5.14. The molecule has 1 aromatic carbocycles. The number of fused-ring (bicyclic) bond motifs is 1. The van der Waals surface area contributed by atoms with Crippen LogP contribution in [-0.4, -0.2) is 49.8 Å². The van der Waals surface area contributed by atoms with Gasteiger partial charge in [0.05, 0.1) is 35.0 Å². The zero-order chi connectivity index (χ0) is 20.7. The molecule has 0 amide bonds. The molecule has 5 rings (SSSR count). The van der Waals surface area contributed by atoms with E-state index in [9.17, 15) is 4.39 Å². The number of rotatable bonds is 3. The molecule has 0 spiro atoms. The Balaban J connectivity index is 1.56. The lowest BCUT2D eigenvalue weighted by Crippen LogP contribution is -2.46. The van der Waals surface area contributed by atoms with Crippen molar-refractivity contribution >= 4 is 17.0 Å². The molecule has 2 unspecified atom stereocenters. The molecule has 0 bridgehead atoms. The number of imidazole rings is 1. The maximum atomic E-state index is 13.5. The lowest BCUT2D eigenvalue weighted by molar-refractivity contribution is -0.00571. The predicted octanol–water partition coefficient (Wildman–Crippen LogP) is 3.63. The van der Waals surface area contributed by atoms with Gasteiger partial charge in [-0.2, -0.15) is 0 Å². The van der Waals surface area contributed by atoms with Crippen LogP contribution in [0.5, 0.6) is 0 Å². The van der Waals surface area contributed by atoms with E-state index in [4.69, 9.17) is 9.72 Å². The lowest BCUT2D eigenvalue weighted by Gasteiger charge is -2.35. The molecule has 0 aliphatic carbocycles. The summed E-state index contributed by atoms with van der Waals surface area (Å²) in [6.07, 6.45) is 7.28. The van der Waals surface area contributed by atoms with Crippen LogP contribution in [0, 0.1) is 5.82 Å². The van der Waals surface area contributed by atoms with Gasteiger partial charge in [0, 0.05) is 37.4 Å². The Morgan fingerprint density at radius 2 is 1.67 bits per heavy atom. The topological polar surface area (TPSA) is 69.0 Å². The number of anilines is 1. The highest BCUT2D eigenvalue weighted by Gasteiger charge is 2.24. The van der Waals surface area contributed by atoms with E-state index in [-0.39, 0.29) is 18.0 Å². The molecule has 152 valence electrons. The van der Waals surface area contributed by atoms with E-state index in [0.717, 1.165) is 35.4 Å². The number of pyridine rings is 1. The first kappa shape index (κ1) is 18.6. The molecule has 1 aliphatic heterocycles. The van der Waals surface area contributed by atoms with Crippen molar-refractivity contribution in [2.24, 2.45) is 0 Å². The molecule has 1 aliphatic rings. The SMILES string of the molecule is CC1CN(c2ncc(-c3nc4ccncc4n3-c3ccc(F)cc3)cn2)CC(C)O1. The highest BCUT2D eigenvalue weighted by Crippen LogP contribution is 2.28. The fraction of sp³-hybridized carbons (Fsp3) is 0.273. The van der Waals surface area contributed by atoms with Gasteiger partial charge < -0.3 is 9.64 Å². The Labute approximate surface area is 173 Å². The molecule has 1 fully saturated rings. The van der Waals surface area contributed by atoms with Gasteiger partial charge in [0.2, 0.25) is 5.95 Å². The van der Waals surface area contributed by atoms with E-state index < -0.39 is 0 Å². The van der Waals surface area contributed by atoms with Gasteiger partial charge in [-0.1, -0.05) is 0 Å². The number of nitrogens with zero attached hydrogens (tertiary/aromatic N) is 6. The molecule has 7 nitrogen and oxygen atoms in total. The van der Waals surface area contributed by atoms with Crippen molar-refractivity contribution < 1.29 is 9.13 Å². The first-order valence-electron chi connectivity index (χ1n) is 9.90. The van der Waals surface area contributed by atoms with E-state index in [1.54, 1.807) is 36.9 Å². The monoisotopic (exact) mass is 404 g/mol. The fourth-order valence-electron chi connectivity index (χ4n) is 3.91.